The number of carbonyl (C=O) groups excluding carboxylic acids is 2. The Kier molecular flexibility index (Phi) is 11.2. The van der Waals surface area contributed by atoms with E-state index in [-0.39, 0.29) is 5.57 Å². The first kappa shape index (κ1) is 22.7. The molecule has 1 aliphatic heterocycles. The van der Waals surface area contributed by atoms with Crippen molar-refractivity contribution in [2.24, 2.45) is 0 Å². The van der Waals surface area contributed by atoms with Gasteiger partial charge >= 0.3 is 11.9 Å². The molecule has 8 heteroatoms. The molecule has 0 N–H and O–H groups in total. The van der Waals surface area contributed by atoms with Crippen LogP contribution in [0.15, 0.2) is 36.1 Å². The second kappa shape index (κ2) is 12.9. The van der Waals surface area contributed by atoms with Crippen LogP contribution in [0.1, 0.15) is 0 Å². The topological polar surface area (TPSA) is 65.1 Å². The number of rotatable bonds is 9. The summed E-state index contributed by atoms with van der Waals surface area (Å²) in [6, 6.07) is 0. The van der Waals surface area contributed by atoms with Gasteiger partial charge in [0.25, 0.3) is 0 Å². The third-order valence-electron chi connectivity index (χ3n) is 3.44. The van der Waals surface area contributed by atoms with Gasteiger partial charge in [0.05, 0.1) is 27.4 Å². The lowest BCUT2D eigenvalue weighted by atomic mass is 10.2. The van der Waals surface area contributed by atoms with E-state index in [2.05, 4.69) is 16.1 Å². The molecule has 1 heterocycles. The molecular weight excluding hydrogens is 374 g/mol. The predicted octanol–water partition coefficient (Wildman–Crippen LogP) is 2.13. The maximum absolute atomic E-state index is 11.5. The molecule has 146 valence electrons. The summed E-state index contributed by atoms with van der Waals surface area (Å²) >= 11 is 3.82. The lowest BCUT2D eigenvalue weighted by Crippen LogP contribution is -2.21. The molecule has 6 nitrogen and oxygen atoms in total. The fourth-order valence-corrected chi connectivity index (χ4v) is 4.42. The Morgan fingerprint density at radius 1 is 1.27 bits per heavy atom. The van der Waals surface area contributed by atoms with Crippen LogP contribution < -0.4 is 0 Å². The molecule has 0 aromatic rings. The number of thioether (sulfide) groups is 2. The summed E-state index contributed by atoms with van der Waals surface area (Å²) in [6.45, 7) is 6.08. The maximum atomic E-state index is 11.5. The number of esters is 2. The summed E-state index contributed by atoms with van der Waals surface area (Å²) in [5, 5.41) is 0.505. The molecule has 1 atom stereocenters. The number of carbonyl (C=O) groups is 2. The van der Waals surface area contributed by atoms with E-state index in [1.165, 1.54) is 25.9 Å². The zero-order chi connectivity index (χ0) is 19.4. The largest absolute Gasteiger partial charge is 0.465 e. The number of ether oxygens (including phenoxy) is 3. The summed E-state index contributed by atoms with van der Waals surface area (Å²) in [5.74, 6) is 1.69. The van der Waals surface area contributed by atoms with Crippen LogP contribution in [0.4, 0.5) is 0 Å². The van der Waals surface area contributed by atoms with E-state index < -0.39 is 11.9 Å². The van der Waals surface area contributed by atoms with E-state index >= 15 is 0 Å². The molecule has 1 fully saturated rings. The number of methoxy groups -OCH3 is 2. The van der Waals surface area contributed by atoms with Gasteiger partial charge in [-0.15, -0.1) is 0 Å². The molecule has 1 rings (SSSR count). The van der Waals surface area contributed by atoms with Crippen molar-refractivity contribution in [1.29, 1.82) is 0 Å². The van der Waals surface area contributed by atoms with Gasteiger partial charge in [-0.3, -0.25) is 0 Å². The van der Waals surface area contributed by atoms with Gasteiger partial charge in [0.1, 0.15) is 5.57 Å². The SMILES string of the molecule is C=C1CSCC(COCCN(C)/C=C/C=C(C(=O)OC)C(=O)OC)SC1. The number of nitrogens with zero attached hydrogens (tertiary/aromatic N) is 1. The zero-order valence-corrected chi connectivity index (χ0v) is 17.2. The first-order valence-electron chi connectivity index (χ1n) is 8.17. The van der Waals surface area contributed by atoms with Gasteiger partial charge in [-0.1, -0.05) is 12.2 Å². The van der Waals surface area contributed by atoms with Crippen molar-refractivity contribution in [2.45, 2.75) is 5.25 Å². The van der Waals surface area contributed by atoms with Crippen molar-refractivity contribution in [3.05, 3.63) is 36.1 Å². The standard InChI is InChI=1S/C18H27NO5S2/c1-14-11-25-13-15(26-12-14)10-24-9-8-19(2)7-5-6-16(17(20)22-3)18(21)23-4/h5-7,15H,1,8-13H2,2-4H3/b7-5+. The minimum absolute atomic E-state index is 0.152. The first-order chi connectivity index (χ1) is 12.5. The predicted molar refractivity (Wildman–Crippen MR) is 107 cm³/mol. The summed E-state index contributed by atoms with van der Waals surface area (Å²) in [4.78, 5) is 25.0. The minimum atomic E-state index is -0.728. The third kappa shape index (κ3) is 8.82. The highest BCUT2D eigenvalue weighted by Gasteiger charge is 2.18. The Morgan fingerprint density at radius 2 is 1.96 bits per heavy atom. The summed E-state index contributed by atoms with van der Waals surface area (Å²) in [7, 11) is 4.32. The molecular formula is C18H27NO5S2. The zero-order valence-electron chi connectivity index (χ0n) is 15.6. The minimum Gasteiger partial charge on any atom is -0.465 e. The smallest absolute Gasteiger partial charge is 0.345 e. The summed E-state index contributed by atoms with van der Waals surface area (Å²) < 4.78 is 14.9. The lowest BCUT2D eigenvalue weighted by Gasteiger charge is -2.16. The van der Waals surface area contributed by atoms with Gasteiger partial charge in [0.2, 0.25) is 0 Å². The van der Waals surface area contributed by atoms with E-state index in [9.17, 15) is 9.59 Å². The van der Waals surface area contributed by atoms with E-state index in [1.807, 2.05) is 35.5 Å². The fraction of sp³-hybridized carbons (Fsp3) is 0.556. The van der Waals surface area contributed by atoms with Crippen molar-refractivity contribution in [3.63, 3.8) is 0 Å². The van der Waals surface area contributed by atoms with E-state index in [0.717, 1.165) is 23.9 Å². The molecule has 0 aromatic carbocycles. The van der Waals surface area contributed by atoms with Gasteiger partial charge in [0.15, 0.2) is 0 Å². The fourth-order valence-electron chi connectivity index (χ4n) is 1.98. The van der Waals surface area contributed by atoms with Gasteiger partial charge < -0.3 is 19.1 Å². The number of hydrogen-bond donors (Lipinski definition) is 0. The van der Waals surface area contributed by atoms with Gasteiger partial charge in [-0.2, -0.15) is 23.5 Å². The average molecular weight is 402 g/mol. The van der Waals surface area contributed by atoms with Crippen LogP contribution in [-0.2, 0) is 23.8 Å². The van der Waals surface area contributed by atoms with E-state index in [1.54, 1.807) is 12.3 Å². The highest BCUT2D eigenvalue weighted by molar-refractivity contribution is 8.04. The summed E-state index contributed by atoms with van der Waals surface area (Å²) in [6.07, 6.45) is 4.74. The molecule has 1 unspecified atom stereocenters. The molecule has 26 heavy (non-hydrogen) atoms. The Bertz CT molecular complexity index is 530. The van der Waals surface area contributed by atoms with Gasteiger partial charge in [0, 0.05) is 36.1 Å². The van der Waals surface area contributed by atoms with Crippen molar-refractivity contribution in [2.75, 3.05) is 58.3 Å². The van der Waals surface area contributed by atoms with Crippen LogP contribution in [0.25, 0.3) is 0 Å². The molecule has 0 aliphatic carbocycles. The van der Waals surface area contributed by atoms with Gasteiger partial charge in [-0.25, -0.2) is 9.59 Å². The molecule has 0 bridgehead atoms. The second-order valence-corrected chi connectivity index (χ2v) is 7.98. The Morgan fingerprint density at radius 3 is 2.62 bits per heavy atom. The molecule has 1 aliphatic rings. The third-order valence-corrected chi connectivity index (χ3v) is 6.25. The molecule has 1 saturated heterocycles. The second-order valence-electron chi connectivity index (χ2n) is 5.66. The van der Waals surface area contributed by atoms with Crippen LogP contribution in [0, 0.1) is 0 Å². The monoisotopic (exact) mass is 401 g/mol. The van der Waals surface area contributed by atoms with Gasteiger partial charge in [-0.05, 0) is 18.4 Å². The van der Waals surface area contributed by atoms with Crippen molar-refractivity contribution in [3.8, 4) is 0 Å². The van der Waals surface area contributed by atoms with Crippen molar-refractivity contribution >= 4 is 35.5 Å². The van der Waals surface area contributed by atoms with E-state index in [4.69, 9.17) is 4.74 Å². The maximum Gasteiger partial charge on any atom is 0.345 e. The Balaban J connectivity index is 2.34. The van der Waals surface area contributed by atoms with Crippen molar-refractivity contribution in [1.82, 2.24) is 4.90 Å². The number of likely N-dealkylation sites (N-methyl/N-ethyl adjacent to an activating group) is 1. The van der Waals surface area contributed by atoms with Crippen LogP contribution >= 0.6 is 23.5 Å². The van der Waals surface area contributed by atoms with Crippen LogP contribution in [-0.4, -0.2) is 80.4 Å². The number of hydrogen-bond acceptors (Lipinski definition) is 8. The first-order valence-corrected chi connectivity index (χ1v) is 10.4. The summed E-state index contributed by atoms with van der Waals surface area (Å²) in [5.41, 5.74) is 1.14. The van der Waals surface area contributed by atoms with Crippen molar-refractivity contribution < 1.29 is 23.8 Å². The average Bonchev–Trinajstić information content (AvgIpc) is 2.85. The Hall–Kier alpha value is -1.38. The normalized spacial score (nSPS) is 17.5. The van der Waals surface area contributed by atoms with Crippen LogP contribution in [0.3, 0.4) is 0 Å². The molecule has 0 radical (unpaired) electrons. The molecule has 0 amide bonds. The van der Waals surface area contributed by atoms with E-state index in [0.29, 0.717) is 18.4 Å². The lowest BCUT2D eigenvalue weighted by molar-refractivity contribution is -0.144. The Labute approximate surface area is 164 Å². The highest BCUT2D eigenvalue weighted by atomic mass is 32.2. The molecule has 0 spiro atoms. The molecule has 0 saturated carbocycles. The quantitative estimate of drug-likeness (QED) is 0.111. The van der Waals surface area contributed by atoms with Crippen LogP contribution in [0.5, 0.6) is 0 Å². The van der Waals surface area contributed by atoms with Crippen LogP contribution in [0.2, 0.25) is 0 Å². The number of allylic oxidation sites excluding steroid dienone is 2. The molecule has 0 aromatic heterocycles. The highest BCUT2D eigenvalue weighted by Crippen LogP contribution is 2.25.